The van der Waals surface area contributed by atoms with Crippen molar-refractivity contribution < 1.29 is 27.9 Å². The molecule has 0 aliphatic carbocycles. The molecule has 1 aliphatic rings. The molecule has 1 saturated heterocycles. The van der Waals surface area contributed by atoms with Gasteiger partial charge in [0.1, 0.15) is 12.3 Å². The summed E-state index contributed by atoms with van der Waals surface area (Å²) in [6.07, 6.45) is 5.18. The fraction of sp³-hybridized carbons (Fsp3) is 0.300. The van der Waals surface area contributed by atoms with E-state index in [2.05, 4.69) is 0 Å². The van der Waals surface area contributed by atoms with Crippen molar-refractivity contribution >= 4 is 22.1 Å². The Balaban J connectivity index is 2.28. The van der Waals surface area contributed by atoms with Gasteiger partial charge in [0.15, 0.2) is 0 Å². The number of hydrogen-bond donors (Lipinski definition) is 2. The SMILES string of the molecule is C\C=C(/C=C(O)\C(=C/C)N1CC(=O)NS1(=O)=O)Cc1ccccc1CC(=O)OC. The summed E-state index contributed by atoms with van der Waals surface area (Å²) in [7, 11) is -2.70. The maximum absolute atomic E-state index is 12.1. The standard InChI is InChI=1S/C20H24N2O6S/c1-4-14(10-15-8-6-7-9-16(15)12-20(25)28-3)11-18(23)17(5-2)22-13-19(24)21-29(22,26)27/h4-9,11,23H,10,12-13H2,1-3H3,(H,21,24)/b14-4-,17-5+,18-11+. The number of allylic oxidation sites excluding steroid dienone is 4. The number of aliphatic hydroxyl groups excluding tert-OH is 1. The summed E-state index contributed by atoms with van der Waals surface area (Å²) in [5.41, 5.74) is 2.39. The van der Waals surface area contributed by atoms with Gasteiger partial charge < -0.3 is 9.84 Å². The van der Waals surface area contributed by atoms with Crippen molar-refractivity contribution in [3.05, 3.63) is 70.6 Å². The Bertz CT molecular complexity index is 992. The third-order valence-corrected chi connectivity index (χ3v) is 5.78. The molecule has 0 saturated carbocycles. The molecule has 0 aromatic heterocycles. The summed E-state index contributed by atoms with van der Waals surface area (Å²) in [6.45, 7) is 2.96. The average Bonchev–Trinajstić information content (AvgIpc) is 2.95. The van der Waals surface area contributed by atoms with Gasteiger partial charge in [-0.1, -0.05) is 36.4 Å². The largest absolute Gasteiger partial charge is 0.506 e. The highest BCUT2D eigenvalue weighted by molar-refractivity contribution is 7.88. The minimum atomic E-state index is -4.02. The monoisotopic (exact) mass is 420 g/mol. The van der Waals surface area contributed by atoms with E-state index in [1.807, 2.05) is 29.0 Å². The number of hydrogen-bond acceptors (Lipinski definition) is 6. The van der Waals surface area contributed by atoms with E-state index in [4.69, 9.17) is 4.74 Å². The molecule has 0 spiro atoms. The second-order valence-corrected chi connectivity index (χ2v) is 7.90. The summed E-state index contributed by atoms with van der Waals surface area (Å²) in [5.74, 6) is -1.31. The van der Waals surface area contributed by atoms with Crippen LogP contribution in [0.3, 0.4) is 0 Å². The second kappa shape index (κ2) is 9.42. The molecular formula is C20H24N2O6S. The summed E-state index contributed by atoms with van der Waals surface area (Å²) in [4.78, 5) is 23.1. The number of benzene rings is 1. The van der Waals surface area contributed by atoms with Crippen molar-refractivity contribution in [2.75, 3.05) is 13.7 Å². The Kier molecular flexibility index (Phi) is 7.22. The molecule has 1 aliphatic heterocycles. The molecule has 8 nitrogen and oxygen atoms in total. The van der Waals surface area contributed by atoms with Gasteiger partial charge in [-0.05, 0) is 43.0 Å². The molecule has 0 radical (unpaired) electrons. The number of esters is 1. The molecule has 1 aromatic rings. The number of rotatable bonds is 7. The van der Waals surface area contributed by atoms with E-state index in [1.54, 1.807) is 19.9 Å². The summed E-state index contributed by atoms with van der Waals surface area (Å²) in [6, 6.07) is 7.37. The van der Waals surface area contributed by atoms with Crippen molar-refractivity contribution in [3.8, 4) is 0 Å². The number of carbonyl (C=O) groups excluding carboxylic acids is 2. The molecule has 1 heterocycles. The van der Waals surface area contributed by atoms with E-state index in [-0.39, 0.29) is 23.8 Å². The number of amides is 1. The van der Waals surface area contributed by atoms with Crippen LogP contribution in [-0.4, -0.2) is 43.4 Å². The maximum Gasteiger partial charge on any atom is 0.326 e. The van der Waals surface area contributed by atoms with Crippen LogP contribution in [-0.2, 0) is 37.4 Å². The first-order chi connectivity index (χ1) is 13.7. The Morgan fingerprint density at radius 3 is 2.31 bits per heavy atom. The molecule has 1 aromatic carbocycles. The summed E-state index contributed by atoms with van der Waals surface area (Å²) < 4.78 is 31.5. The van der Waals surface area contributed by atoms with Gasteiger partial charge in [0.05, 0.1) is 19.2 Å². The second-order valence-electron chi connectivity index (χ2n) is 6.30. The summed E-state index contributed by atoms with van der Waals surface area (Å²) >= 11 is 0. The number of aliphatic hydroxyl groups is 1. The smallest absolute Gasteiger partial charge is 0.326 e. The van der Waals surface area contributed by atoms with Crippen LogP contribution in [0.25, 0.3) is 0 Å². The predicted molar refractivity (Wildman–Crippen MR) is 108 cm³/mol. The topological polar surface area (TPSA) is 113 Å². The maximum atomic E-state index is 12.1. The molecule has 2 N–H and O–H groups in total. The minimum absolute atomic E-state index is 0.00514. The molecule has 1 amide bonds. The molecule has 0 atom stereocenters. The molecule has 1 fully saturated rings. The highest BCUT2D eigenvalue weighted by Crippen LogP contribution is 2.23. The Morgan fingerprint density at radius 1 is 1.21 bits per heavy atom. The molecule has 156 valence electrons. The van der Waals surface area contributed by atoms with Gasteiger partial charge in [-0.3, -0.25) is 9.59 Å². The number of carbonyl (C=O) groups is 2. The van der Waals surface area contributed by atoms with Gasteiger partial charge in [0.2, 0.25) is 0 Å². The lowest BCUT2D eigenvalue weighted by Crippen LogP contribution is -2.30. The van der Waals surface area contributed by atoms with Crippen LogP contribution >= 0.6 is 0 Å². The Hall–Kier alpha value is -3.07. The highest BCUT2D eigenvalue weighted by Gasteiger charge is 2.36. The molecule has 29 heavy (non-hydrogen) atoms. The van der Waals surface area contributed by atoms with Crippen LogP contribution in [0.15, 0.2) is 59.5 Å². The van der Waals surface area contributed by atoms with E-state index in [0.29, 0.717) is 12.0 Å². The zero-order valence-corrected chi connectivity index (χ0v) is 17.3. The van der Waals surface area contributed by atoms with Gasteiger partial charge in [-0.2, -0.15) is 8.42 Å². The molecule has 9 heteroatoms. The Morgan fingerprint density at radius 2 is 1.83 bits per heavy atom. The van der Waals surface area contributed by atoms with E-state index in [0.717, 1.165) is 15.4 Å². The van der Waals surface area contributed by atoms with Crippen molar-refractivity contribution in [2.45, 2.75) is 26.7 Å². The third kappa shape index (κ3) is 5.47. The van der Waals surface area contributed by atoms with Crippen molar-refractivity contribution in [2.24, 2.45) is 0 Å². The van der Waals surface area contributed by atoms with E-state index >= 15 is 0 Å². The van der Waals surface area contributed by atoms with Crippen LogP contribution < -0.4 is 4.72 Å². The summed E-state index contributed by atoms with van der Waals surface area (Å²) in [5, 5.41) is 10.6. The normalized spacial score (nSPS) is 17.3. The van der Waals surface area contributed by atoms with Crippen molar-refractivity contribution in [3.63, 3.8) is 0 Å². The number of nitrogens with zero attached hydrogens (tertiary/aromatic N) is 1. The lowest BCUT2D eigenvalue weighted by atomic mass is 9.97. The highest BCUT2D eigenvalue weighted by atomic mass is 32.2. The number of nitrogens with one attached hydrogen (secondary N) is 1. The van der Waals surface area contributed by atoms with Crippen LogP contribution in [0.4, 0.5) is 0 Å². The zero-order valence-electron chi connectivity index (χ0n) is 16.5. The van der Waals surface area contributed by atoms with Crippen LogP contribution in [0.1, 0.15) is 25.0 Å². The minimum Gasteiger partial charge on any atom is -0.506 e. The zero-order chi connectivity index (χ0) is 21.6. The first-order valence-electron chi connectivity index (χ1n) is 8.91. The third-order valence-electron chi connectivity index (χ3n) is 4.39. The first-order valence-corrected chi connectivity index (χ1v) is 10.3. The molecule has 2 rings (SSSR count). The molecule has 0 unspecified atom stereocenters. The van der Waals surface area contributed by atoms with Crippen LogP contribution in [0.2, 0.25) is 0 Å². The quantitative estimate of drug-likeness (QED) is 0.396. The van der Waals surface area contributed by atoms with Crippen molar-refractivity contribution in [1.82, 2.24) is 9.03 Å². The molecular weight excluding hydrogens is 396 g/mol. The predicted octanol–water partition coefficient (Wildman–Crippen LogP) is 1.91. The number of ether oxygens (including phenoxy) is 1. The van der Waals surface area contributed by atoms with E-state index < -0.39 is 22.7 Å². The van der Waals surface area contributed by atoms with Gasteiger partial charge in [0, 0.05) is 0 Å². The van der Waals surface area contributed by atoms with Crippen LogP contribution in [0, 0.1) is 0 Å². The van der Waals surface area contributed by atoms with E-state index in [9.17, 15) is 23.1 Å². The van der Waals surface area contributed by atoms with Gasteiger partial charge >= 0.3 is 16.2 Å². The lowest BCUT2D eigenvalue weighted by Gasteiger charge is -2.18. The first kappa shape index (κ1) is 22.2. The van der Waals surface area contributed by atoms with Gasteiger partial charge in [0.25, 0.3) is 5.91 Å². The molecule has 0 bridgehead atoms. The number of methoxy groups -OCH3 is 1. The van der Waals surface area contributed by atoms with Gasteiger partial charge in [-0.25, -0.2) is 9.03 Å². The van der Waals surface area contributed by atoms with Crippen molar-refractivity contribution in [1.29, 1.82) is 0 Å². The Labute approximate surface area is 170 Å². The van der Waals surface area contributed by atoms with Crippen LogP contribution in [0.5, 0.6) is 0 Å². The van der Waals surface area contributed by atoms with E-state index in [1.165, 1.54) is 19.3 Å². The fourth-order valence-corrected chi connectivity index (χ4v) is 4.12. The average molecular weight is 420 g/mol. The fourth-order valence-electron chi connectivity index (χ4n) is 2.92. The van der Waals surface area contributed by atoms with Gasteiger partial charge in [-0.15, -0.1) is 0 Å². The lowest BCUT2D eigenvalue weighted by molar-refractivity contribution is -0.139.